The van der Waals surface area contributed by atoms with Crippen LogP contribution in [0.15, 0.2) is 0 Å². The molecule has 0 N–H and O–H groups in total. The molecule has 2 saturated carbocycles. The van der Waals surface area contributed by atoms with Gasteiger partial charge in [0.1, 0.15) is 0 Å². The van der Waals surface area contributed by atoms with Crippen LogP contribution in [0, 0.1) is 17.8 Å². The first-order valence-corrected chi connectivity index (χ1v) is 7.37. The Balaban J connectivity index is 1.45. The van der Waals surface area contributed by atoms with Crippen LogP contribution in [0.2, 0.25) is 0 Å². The molecule has 1 amide bonds. The molecule has 0 aromatic heterocycles. The van der Waals surface area contributed by atoms with Crippen molar-refractivity contribution in [2.45, 2.75) is 43.7 Å². The molecular formula is C14H20F2N2O. The highest BCUT2D eigenvalue weighted by Gasteiger charge is 2.72. The molecule has 0 radical (unpaired) electrons. The SMILES string of the molecule is CN1CC2CCC(C1)N2C(=O)C1CC2C(C1)C2(F)F. The van der Waals surface area contributed by atoms with Gasteiger partial charge < -0.3 is 9.80 Å². The molecule has 0 spiro atoms. The summed E-state index contributed by atoms with van der Waals surface area (Å²) >= 11 is 0. The molecule has 2 bridgehead atoms. The second kappa shape index (κ2) is 3.68. The van der Waals surface area contributed by atoms with Gasteiger partial charge in [0.05, 0.1) is 0 Å². The van der Waals surface area contributed by atoms with Crippen LogP contribution in [0.1, 0.15) is 25.7 Å². The van der Waals surface area contributed by atoms with Gasteiger partial charge in [0.2, 0.25) is 5.91 Å². The highest BCUT2D eigenvalue weighted by atomic mass is 19.3. The van der Waals surface area contributed by atoms with Crippen molar-refractivity contribution < 1.29 is 13.6 Å². The molecule has 5 heteroatoms. The normalized spacial score (nSPS) is 47.3. The number of carbonyl (C=O) groups is 1. The molecule has 4 aliphatic rings. The van der Waals surface area contributed by atoms with E-state index in [-0.39, 0.29) is 11.8 Å². The molecular weight excluding hydrogens is 250 g/mol. The smallest absolute Gasteiger partial charge is 0.254 e. The van der Waals surface area contributed by atoms with Gasteiger partial charge in [0.15, 0.2) is 0 Å². The Morgan fingerprint density at radius 1 is 1.11 bits per heavy atom. The first-order chi connectivity index (χ1) is 8.98. The van der Waals surface area contributed by atoms with Crippen molar-refractivity contribution in [2.24, 2.45) is 17.8 Å². The third-order valence-corrected chi connectivity index (χ3v) is 5.71. The number of likely N-dealkylation sites (tertiary alicyclic amines) is 1. The van der Waals surface area contributed by atoms with Crippen molar-refractivity contribution in [2.75, 3.05) is 20.1 Å². The Hall–Kier alpha value is -0.710. The number of fused-ring (bicyclic) bond motifs is 3. The fourth-order valence-corrected chi connectivity index (χ4v) is 4.70. The Kier molecular flexibility index (Phi) is 2.34. The van der Waals surface area contributed by atoms with Gasteiger partial charge in [-0.3, -0.25) is 4.79 Å². The number of hydrogen-bond acceptors (Lipinski definition) is 2. The molecule has 2 heterocycles. The zero-order chi connectivity index (χ0) is 13.4. The Labute approximate surface area is 111 Å². The van der Waals surface area contributed by atoms with Gasteiger partial charge in [-0.1, -0.05) is 0 Å². The van der Waals surface area contributed by atoms with Crippen LogP contribution in [-0.4, -0.2) is 53.9 Å². The molecule has 4 fully saturated rings. The summed E-state index contributed by atoms with van der Waals surface area (Å²) < 4.78 is 26.4. The third kappa shape index (κ3) is 1.60. The van der Waals surface area contributed by atoms with Gasteiger partial charge in [0, 0.05) is 42.9 Å². The predicted octanol–water partition coefficient (Wildman–Crippen LogP) is 1.58. The molecule has 106 valence electrons. The molecule has 2 aliphatic carbocycles. The van der Waals surface area contributed by atoms with Crippen LogP contribution in [0.25, 0.3) is 0 Å². The lowest BCUT2D eigenvalue weighted by Crippen LogP contribution is -2.56. The van der Waals surface area contributed by atoms with Gasteiger partial charge >= 0.3 is 0 Å². The van der Waals surface area contributed by atoms with E-state index in [9.17, 15) is 13.6 Å². The highest BCUT2D eigenvalue weighted by Crippen LogP contribution is 2.66. The third-order valence-electron chi connectivity index (χ3n) is 5.71. The molecule has 2 aliphatic heterocycles. The first-order valence-electron chi connectivity index (χ1n) is 7.37. The van der Waals surface area contributed by atoms with Crippen LogP contribution in [0.5, 0.6) is 0 Å². The lowest BCUT2D eigenvalue weighted by molar-refractivity contribution is -0.141. The fraction of sp³-hybridized carbons (Fsp3) is 0.929. The number of alkyl halides is 2. The molecule has 0 aromatic rings. The summed E-state index contributed by atoms with van der Waals surface area (Å²) in [4.78, 5) is 16.9. The van der Waals surface area contributed by atoms with E-state index in [1.807, 2.05) is 4.90 Å². The van der Waals surface area contributed by atoms with Gasteiger partial charge in [0.25, 0.3) is 5.92 Å². The van der Waals surface area contributed by atoms with E-state index < -0.39 is 17.8 Å². The number of piperazine rings is 1. The van der Waals surface area contributed by atoms with E-state index in [1.54, 1.807) is 0 Å². The van der Waals surface area contributed by atoms with Crippen LogP contribution < -0.4 is 0 Å². The van der Waals surface area contributed by atoms with Crippen molar-refractivity contribution >= 4 is 5.91 Å². The molecule has 0 aromatic carbocycles. The van der Waals surface area contributed by atoms with Crippen molar-refractivity contribution in [3.05, 3.63) is 0 Å². The van der Waals surface area contributed by atoms with E-state index in [4.69, 9.17) is 0 Å². The number of amides is 1. The van der Waals surface area contributed by atoms with Gasteiger partial charge in [-0.2, -0.15) is 0 Å². The van der Waals surface area contributed by atoms with Gasteiger partial charge in [-0.15, -0.1) is 0 Å². The maximum atomic E-state index is 13.2. The predicted molar refractivity (Wildman–Crippen MR) is 65.8 cm³/mol. The average molecular weight is 270 g/mol. The average Bonchev–Trinajstić information content (AvgIpc) is 2.74. The summed E-state index contributed by atoms with van der Waals surface area (Å²) in [5.41, 5.74) is 0. The summed E-state index contributed by atoms with van der Waals surface area (Å²) in [6, 6.07) is 0.655. The lowest BCUT2D eigenvalue weighted by Gasteiger charge is -2.41. The number of rotatable bonds is 1. The maximum Gasteiger partial charge on any atom is 0.254 e. The van der Waals surface area contributed by atoms with Gasteiger partial charge in [-0.05, 0) is 32.7 Å². The van der Waals surface area contributed by atoms with Crippen molar-refractivity contribution in [3.8, 4) is 0 Å². The minimum Gasteiger partial charge on any atom is -0.334 e. The number of nitrogens with zero attached hydrogens (tertiary/aromatic N) is 2. The largest absolute Gasteiger partial charge is 0.334 e. The molecule has 2 saturated heterocycles. The highest BCUT2D eigenvalue weighted by molar-refractivity contribution is 5.80. The number of carbonyl (C=O) groups excluding carboxylic acids is 1. The number of halogens is 2. The molecule has 4 unspecified atom stereocenters. The Bertz CT molecular complexity index is 400. The van der Waals surface area contributed by atoms with Crippen molar-refractivity contribution in [1.82, 2.24) is 9.80 Å². The van der Waals surface area contributed by atoms with Crippen LogP contribution >= 0.6 is 0 Å². The summed E-state index contributed by atoms with van der Waals surface area (Å²) in [5, 5.41) is 0. The second-order valence-electron chi connectivity index (χ2n) is 6.91. The molecule has 3 nitrogen and oxygen atoms in total. The van der Waals surface area contributed by atoms with Crippen LogP contribution in [0.3, 0.4) is 0 Å². The second-order valence-corrected chi connectivity index (χ2v) is 6.91. The Morgan fingerprint density at radius 2 is 1.63 bits per heavy atom. The minimum absolute atomic E-state index is 0.124. The van der Waals surface area contributed by atoms with Crippen LogP contribution in [0.4, 0.5) is 8.78 Å². The number of likely N-dealkylation sites (N-methyl/N-ethyl adjacent to an activating group) is 1. The van der Waals surface area contributed by atoms with E-state index in [1.165, 1.54) is 0 Å². The van der Waals surface area contributed by atoms with Crippen LogP contribution in [-0.2, 0) is 4.79 Å². The fourth-order valence-electron chi connectivity index (χ4n) is 4.70. The molecule has 19 heavy (non-hydrogen) atoms. The number of hydrogen-bond donors (Lipinski definition) is 0. The standard InChI is InChI=1S/C14H20F2N2O/c1-17-6-9-2-3-10(7-17)18(9)13(19)8-4-11-12(5-8)14(11,15)16/h8-12H,2-7H2,1H3. The topological polar surface area (TPSA) is 23.6 Å². The van der Waals surface area contributed by atoms with Crippen molar-refractivity contribution in [1.29, 1.82) is 0 Å². The quantitative estimate of drug-likeness (QED) is 0.722. The zero-order valence-corrected chi connectivity index (χ0v) is 11.2. The van der Waals surface area contributed by atoms with Crippen molar-refractivity contribution in [3.63, 3.8) is 0 Å². The molecule has 4 rings (SSSR count). The zero-order valence-electron chi connectivity index (χ0n) is 11.2. The lowest BCUT2D eigenvalue weighted by atomic mass is 9.99. The maximum absolute atomic E-state index is 13.2. The first kappa shape index (κ1) is 12.1. The summed E-state index contributed by atoms with van der Waals surface area (Å²) in [5.74, 6) is -3.40. The van der Waals surface area contributed by atoms with E-state index in [2.05, 4.69) is 11.9 Å². The van der Waals surface area contributed by atoms with E-state index >= 15 is 0 Å². The monoisotopic (exact) mass is 270 g/mol. The Morgan fingerprint density at radius 3 is 2.16 bits per heavy atom. The summed E-state index contributed by atoms with van der Waals surface area (Å²) in [6.07, 6.45) is 3.00. The van der Waals surface area contributed by atoms with E-state index in [0.29, 0.717) is 24.9 Å². The minimum atomic E-state index is -2.46. The van der Waals surface area contributed by atoms with E-state index in [0.717, 1.165) is 25.9 Å². The molecule has 4 atom stereocenters. The van der Waals surface area contributed by atoms with Gasteiger partial charge in [-0.25, -0.2) is 8.78 Å². The summed E-state index contributed by atoms with van der Waals surface area (Å²) in [6.45, 7) is 1.88. The summed E-state index contributed by atoms with van der Waals surface area (Å²) in [7, 11) is 2.10.